The van der Waals surface area contributed by atoms with E-state index < -0.39 is 0 Å². The highest BCUT2D eigenvalue weighted by molar-refractivity contribution is 6.32. The largest absolute Gasteiger partial charge is 0.495 e. The van der Waals surface area contributed by atoms with E-state index in [0.29, 0.717) is 16.5 Å². The van der Waals surface area contributed by atoms with E-state index in [1.165, 1.54) is 23.8 Å². The van der Waals surface area contributed by atoms with Crippen LogP contribution in [0.15, 0.2) is 48.5 Å². The summed E-state index contributed by atoms with van der Waals surface area (Å²) in [4.78, 5) is 27.4. The molecule has 0 radical (unpaired) electrons. The molecule has 2 aromatic carbocycles. The maximum Gasteiger partial charge on any atom is 0.246 e. The molecule has 0 aromatic heterocycles. The van der Waals surface area contributed by atoms with Crippen LogP contribution in [0.2, 0.25) is 5.02 Å². The third-order valence-corrected chi connectivity index (χ3v) is 3.93. The maximum absolute atomic E-state index is 12.5. The summed E-state index contributed by atoms with van der Waals surface area (Å²) in [7, 11) is 3.19. The van der Waals surface area contributed by atoms with Crippen molar-refractivity contribution in [3.05, 3.63) is 53.6 Å². The van der Waals surface area contributed by atoms with E-state index in [9.17, 15) is 9.59 Å². The predicted octanol–water partition coefficient (Wildman–Crippen LogP) is 3.36. The number of anilines is 2. The molecule has 0 fully saturated rings. The van der Waals surface area contributed by atoms with Gasteiger partial charge in [-0.15, -0.1) is 0 Å². The molecule has 0 aliphatic heterocycles. The number of methoxy groups -OCH3 is 1. The van der Waals surface area contributed by atoms with Crippen molar-refractivity contribution in [2.24, 2.45) is 0 Å². The number of benzene rings is 2. The number of para-hydroxylation sites is 1. The van der Waals surface area contributed by atoms with Gasteiger partial charge in [-0.25, -0.2) is 0 Å². The molecule has 6 heteroatoms. The van der Waals surface area contributed by atoms with Gasteiger partial charge in [0.25, 0.3) is 0 Å². The monoisotopic (exact) mass is 346 g/mol. The normalized spacial score (nSPS) is 10.2. The Labute approximate surface area is 146 Å². The molecule has 0 saturated heterocycles. The Hall–Kier alpha value is -2.53. The van der Waals surface area contributed by atoms with Crippen LogP contribution in [0.5, 0.6) is 5.75 Å². The van der Waals surface area contributed by atoms with E-state index in [-0.39, 0.29) is 18.4 Å². The first-order valence-corrected chi connectivity index (χ1v) is 7.75. The Kier molecular flexibility index (Phi) is 5.82. The van der Waals surface area contributed by atoms with Gasteiger partial charge in [-0.1, -0.05) is 29.8 Å². The van der Waals surface area contributed by atoms with Gasteiger partial charge in [0.2, 0.25) is 11.8 Å². The van der Waals surface area contributed by atoms with E-state index in [2.05, 4.69) is 0 Å². The molecular formula is C18H19ClN2O3. The Morgan fingerprint density at radius 3 is 2.29 bits per heavy atom. The number of rotatable bonds is 5. The number of hydrogen-bond acceptors (Lipinski definition) is 3. The average molecular weight is 347 g/mol. The van der Waals surface area contributed by atoms with Crippen molar-refractivity contribution in [2.45, 2.75) is 6.92 Å². The van der Waals surface area contributed by atoms with Crippen molar-refractivity contribution in [1.29, 1.82) is 0 Å². The van der Waals surface area contributed by atoms with Crippen LogP contribution in [0.1, 0.15) is 6.92 Å². The van der Waals surface area contributed by atoms with Gasteiger partial charge < -0.3 is 14.5 Å². The molecular weight excluding hydrogens is 328 g/mol. The van der Waals surface area contributed by atoms with E-state index in [1.807, 2.05) is 30.3 Å². The Balaban J connectivity index is 2.21. The van der Waals surface area contributed by atoms with Crippen LogP contribution in [0.25, 0.3) is 0 Å². The lowest BCUT2D eigenvalue weighted by Gasteiger charge is -2.25. The standard InChI is InChI=1S/C18H19ClN2O3/c1-13(22)21(15-9-10-17(24-3)16(19)11-15)12-18(23)20(2)14-7-5-4-6-8-14/h4-11H,12H2,1-3H3. The van der Waals surface area contributed by atoms with Crippen LogP contribution in [-0.2, 0) is 9.59 Å². The summed E-state index contributed by atoms with van der Waals surface area (Å²) in [6, 6.07) is 14.2. The highest BCUT2D eigenvalue weighted by Gasteiger charge is 2.20. The van der Waals surface area contributed by atoms with Gasteiger partial charge in [-0.3, -0.25) is 9.59 Å². The van der Waals surface area contributed by atoms with Gasteiger partial charge in [0.15, 0.2) is 0 Å². The van der Waals surface area contributed by atoms with Crippen molar-refractivity contribution in [3.8, 4) is 5.75 Å². The molecule has 0 unspecified atom stereocenters. The SMILES string of the molecule is COc1ccc(N(CC(=O)N(C)c2ccccc2)C(C)=O)cc1Cl. The Bertz CT molecular complexity index is 734. The van der Waals surface area contributed by atoms with Crippen molar-refractivity contribution in [3.63, 3.8) is 0 Å². The lowest BCUT2D eigenvalue weighted by atomic mass is 10.2. The molecule has 24 heavy (non-hydrogen) atoms. The number of amides is 2. The molecule has 0 spiro atoms. The topological polar surface area (TPSA) is 49.9 Å². The number of carbonyl (C=O) groups excluding carboxylic acids is 2. The Morgan fingerprint density at radius 2 is 1.75 bits per heavy atom. The van der Waals surface area contributed by atoms with Crippen LogP contribution in [0.4, 0.5) is 11.4 Å². The molecule has 2 amide bonds. The predicted molar refractivity (Wildman–Crippen MR) is 95.9 cm³/mol. The molecule has 126 valence electrons. The van der Waals surface area contributed by atoms with Gasteiger partial charge in [-0.2, -0.15) is 0 Å². The Morgan fingerprint density at radius 1 is 1.08 bits per heavy atom. The van der Waals surface area contributed by atoms with E-state index in [1.54, 1.807) is 25.2 Å². The quantitative estimate of drug-likeness (QED) is 0.834. The van der Waals surface area contributed by atoms with Crippen LogP contribution >= 0.6 is 11.6 Å². The van der Waals surface area contributed by atoms with Crippen molar-refractivity contribution < 1.29 is 14.3 Å². The summed E-state index contributed by atoms with van der Waals surface area (Å²) in [5.74, 6) is 0.0611. The summed E-state index contributed by atoms with van der Waals surface area (Å²) in [5, 5.41) is 0.380. The maximum atomic E-state index is 12.5. The van der Waals surface area contributed by atoms with Gasteiger partial charge in [0.1, 0.15) is 12.3 Å². The fourth-order valence-electron chi connectivity index (χ4n) is 2.24. The van der Waals surface area contributed by atoms with Gasteiger partial charge in [0.05, 0.1) is 12.1 Å². The van der Waals surface area contributed by atoms with Crippen LogP contribution in [0, 0.1) is 0 Å². The second-order valence-electron chi connectivity index (χ2n) is 5.21. The van der Waals surface area contributed by atoms with Crippen LogP contribution in [0.3, 0.4) is 0 Å². The first kappa shape index (κ1) is 17.8. The number of halogens is 1. The van der Waals surface area contributed by atoms with Crippen LogP contribution in [-0.4, -0.2) is 32.5 Å². The fraction of sp³-hybridized carbons (Fsp3) is 0.222. The highest BCUT2D eigenvalue weighted by Crippen LogP contribution is 2.29. The third kappa shape index (κ3) is 4.06. The lowest BCUT2D eigenvalue weighted by Crippen LogP contribution is -2.40. The van der Waals surface area contributed by atoms with E-state index in [0.717, 1.165) is 5.69 Å². The summed E-state index contributed by atoms with van der Waals surface area (Å²) < 4.78 is 5.11. The zero-order chi connectivity index (χ0) is 17.7. The fourth-order valence-corrected chi connectivity index (χ4v) is 2.50. The van der Waals surface area contributed by atoms with Crippen LogP contribution < -0.4 is 14.5 Å². The molecule has 2 aromatic rings. The zero-order valence-corrected chi connectivity index (χ0v) is 14.6. The molecule has 0 aliphatic carbocycles. The molecule has 5 nitrogen and oxygen atoms in total. The molecule has 0 atom stereocenters. The molecule has 2 rings (SSSR count). The minimum atomic E-state index is -0.244. The first-order valence-electron chi connectivity index (χ1n) is 7.37. The average Bonchev–Trinajstić information content (AvgIpc) is 2.59. The molecule has 0 N–H and O–H groups in total. The summed E-state index contributed by atoms with van der Waals surface area (Å²) in [6.45, 7) is 1.33. The minimum Gasteiger partial charge on any atom is -0.495 e. The van der Waals surface area contributed by atoms with E-state index >= 15 is 0 Å². The van der Waals surface area contributed by atoms with E-state index in [4.69, 9.17) is 16.3 Å². The van der Waals surface area contributed by atoms with Gasteiger partial charge >= 0.3 is 0 Å². The zero-order valence-electron chi connectivity index (χ0n) is 13.8. The molecule has 0 heterocycles. The second kappa shape index (κ2) is 7.84. The first-order chi connectivity index (χ1) is 11.4. The highest BCUT2D eigenvalue weighted by atomic mass is 35.5. The van der Waals surface area contributed by atoms with Crippen molar-refractivity contribution >= 4 is 34.8 Å². The number of likely N-dealkylation sites (N-methyl/N-ethyl adjacent to an activating group) is 1. The molecule has 0 bridgehead atoms. The number of ether oxygens (including phenoxy) is 1. The minimum absolute atomic E-state index is 0.0800. The molecule has 0 aliphatic rings. The second-order valence-corrected chi connectivity index (χ2v) is 5.62. The summed E-state index contributed by atoms with van der Waals surface area (Å²) in [6.07, 6.45) is 0. The number of nitrogens with zero attached hydrogens (tertiary/aromatic N) is 2. The summed E-state index contributed by atoms with van der Waals surface area (Å²) in [5.41, 5.74) is 1.31. The van der Waals surface area contributed by atoms with Gasteiger partial charge in [0, 0.05) is 25.3 Å². The lowest BCUT2D eigenvalue weighted by molar-refractivity contribution is -0.121. The van der Waals surface area contributed by atoms with Crippen molar-refractivity contribution in [1.82, 2.24) is 0 Å². The smallest absolute Gasteiger partial charge is 0.246 e. The third-order valence-electron chi connectivity index (χ3n) is 3.64. The summed E-state index contributed by atoms with van der Waals surface area (Å²) >= 11 is 6.11. The number of carbonyl (C=O) groups is 2. The number of hydrogen-bond donors (Lipinski definition) is 0. The molecule has 0 saturated carbocycles. The van der Waals surface area contributed by atoms with Crippen molar-refractivity contribution in [2.75, 3.05) is 30.5 Å². The van der Waals surface area contributed by atoms with Gasteiger partial charge in [-0.05, 0) is 30.3 Å².